The number of nitrogens with one attached hydrogen (secondary N) is 2. The molecule has 0 aliphatic rings. The highest BCUT2D eigenvalue weighted by Crippen LogP contribution is 2.18. The molecule has 17 heavy (non-hydrogen) atoms. The third kappa shape index (κ3) is 2.29. The lowest BCUT2D eigenvalue weighted by atomic mass is 10.1. The number of hydrogen-bond donors (Lipinski definition) is 2. The van der Waals surface area contributed by atoms with Crippen LogP contribution in [0.25, 0.3) is 11.3 Å². The first-order valence-electron chi connectivity index (χ1n) is 5.57. The van der Waals surface area contributed by atoms with Crippen LogP contribution in [-0.4, -0.2) is 28.4 Å². The summed E-state index contributed by atoms with van der Waals surface area (Å²) in [5, 5.41) is 6.13. The highest BCUT2D eigenvalue weighted by molar-refractivity contribution is 5.61. The molecule has 0 unspecified atom stereocenters. The van der Waals surface area contributed by atoms with E-state index in [9.17, 15) is 4.79 Å². The van der Waals surface area contributed by atoms with Crippen molar-refractivity contribution in [1.82, 2.24) is 20.1 Å². The monoisotopic (exact) mass is 232 g/mol. The van der Waals surface area contributed by atoms with Gasteiger partial charge in [-0.3, -0.25) is 19.6 Å². The summed E-state index contributed by atoms with van der Waals surface area (Å²) in [6.07, 6.45) is 4.18. The maximum atomic E-state index is 12.0. The van der Waals surface area contributed by atoms with Crippen LogP contribution in [0.1, 0.15) is 5.56 Å². The largest absolute Gasteiger partial charge is 0.319 e. The number of rotatable bonds is 4. The van der Waals surface area contributed by atoms with Crippen LogP contribution in [0.4, 0.5) is 0 Å². The van der Waals surface area contributed by atoms with Gasteiger partial charge in [-0.2, -0.15) is 0 Å². The number of likely N-dealkylation sites (N-methyl/N-ethyl adjacent to an activating group) is 1. The molecular formula is C12H16N4O. The molecule has 2 rings (SSSR count). The minimum absolute atomic E-state index is 0.0269. The molecule has 0 saturated carbocycles. The van der Waals surface area contributed by atoms with Crippen LogP contribution in [0.5, 0.6) is 0 Å². The maximum absolute atomic E-state index is 12.0. The predicted molar refractivity (Wildman–Crippen MR) is 66.9 cm³/mol. The highest BCUT2D eigenvalue weighted by atomic mass is 16.1. The van der Waals surface area contributed by atoms with Gasteiger partial charge in [0, 0.05) is 30.6 Å². The van der Waals surface area contributed by atoms with Crippen LogP contribution in [-0.2, 0) is 13.5 Å². The van der Waals surface area contributed by atoms with Crippen molar-refractivity contribution in [3.63, 3.8) is 0 Å². The molecule has 0 spiro atoms. The van der Waals surface area contributed by atoms with Crippen molar-refractivity contribution in [2.75, 3.05) is 13.6 Å². The first-order chi connectivity index (χ1) is 8.24. The molecule has 2 heterocycles. The Morgan fingerprint density at radius 1 is 1.53 bits per heavy atom. The molecule has 2 aromatic rings. The van der Waals surface area contributed by atoms with E-state index in [1.54, 1.807) is 19.4 Å². The second-order valence-electron chi connectivity index (χ2n) is 3.92. The normalized spacial score (nSPS) is 10.7. The van der Waals surface area contributed by atoms with Crippen molar-refractivity contribution in [3.05, 3.63) is 40.4 Å². The predicted octanol–water partition coefficient (Wildman–Crippen LogP) is 0.537. The lowest BCUT2D eigenvalue weighted by Crippen LogP contribution is -2.19. The average molecular weight is 232 g/mol. The highest BCUT2D eigenvalue weighted by Gasteiger charge is 2.13. The SMILES string of the molecule is CNCCc1c(-c2cccnc2)[nH]n(C)c1=O. The van der Waals surface area contributed by atoms with Gasteiger partial charge in [0.25, 0.3) is 5.56 Å². The summed E-state index contributed by atoms with van der Waals surface area (Å²) >= 11 is 0. The van der Waals surface area contributed by atoms with Gasteiger partial charge < -0.3 is 5.32 Å². The zero-order chi connectivity index (χ0) is 12.3. The zero-order valence-corrected chi connectivity index (χ0v) is 10.0. The maximum Gasteiger partial charge on any atom is 0.270 e. The number of aromatic amines is 1. The van der Waals surface area contributed by atoms with Gasteiger partial charge in [0.05, 0.1) is 5.69 Å². The molecule has 2 aromatic heterocycles. The minimum Gasteiger partial charge on any atom is -0.319 e. The molecular weight excluding hydrogens is 216 g/mol. The number of aryl methyl sites for hydroxylation is 1. The van der Waals surface area contributed by atoms with Crippen molar-refractivity contribution in [2.24, 2.45) is 7.05 Å². The lowest BCUT2D eigenvalue weighted by molar-refractivity contribution is 0.734. The van der Waals surface area contributed by atoms with Crippen LogP contribution in [0.15, 0.2) is 29.3 Å². The van der Waals surface area contributed by atoms with Crippen LogP contribution in [0.2, 0.25) is 0 Å². The molecule has 5 heteroatoms. The van der Waals surface area contributed by atoms with E-state index in [1.807, 2.05) is 19.2 Å². The number of hydrogen-bond acceptors (Lipinski definition) is 3. The Hall–Kier alpha value is -1.88. The van der Waals surface area contributed by atoms with Gasteiger partial charge in [0.2, 0.25) is 0 Å². The lowest BCUT2D eigenvalue weighted by Gasteiger charge is -2.01. The molecule has 0 saturated heterocycles. The molecule has 0 amide bonds. The van der Waals surface area contributed by atoms with Gasteiger partial charge in [-0.05, 0) is 32.1 Å². The van der Waals surface area contributed by atoms with Gasteiger partial charge in [-0.15, -0.1) is 0 Å². The molecule has 0 aromatic carbocycles. The van der Waals surface area contributed by atoms with E-state index >= 15 is 0 Å². The fourth-order valence-electron chi connectivity index (χ4n) is 1.83. The van der Waals surface area contributed by atoms with Gasteiger partial charge in [-0.25, -0.2) is 0 Å². The fraction of sp³-hybridized carbons (Fsp3) is 0.333. The fourth-order valence-corrected chi connectivity index (χ4v) is 1.83. The Bertz CT molecular complexity index is 541. The second kappa shape index (κ2) is 4.97. The average Bonchev–Trinajstić information content (AvgIpc) is 2.65. The second-order valence-corrected chi connectivity index (χ2v) is 3.92. The molecule has 0 aliphatic heterocycles. The van der Waals surface area contributed by atoms with E-state index in [1.165, 1.54) is 4.68 Å². The first kappa shape index (κ1) is 11.6. The standard InChI is InChI=1S/C12H16N4O/c1-13-7-5-10-11(15-16(2)12(10)17)9-4-3-6-14-8-9/h3-4,6,8,13,15H,5,7H2,1-2H3. The summed E-state index contributed by atoms with van der Waals surface area (Å²) < 4.78 is 1.51. The zero-order valence-electron chi connectivity index (χ0n) is 10.0. The summed E-state index contributed by atoms with van der Waals surface area (Å²) in [6, 6.07) is 3.81. The molecule has 5 nitrogen and oxygen atoms in total. The summed E-state index contributed by atoms with van der Waals surface area (Å²) in [6.45, 7) is 0.778. The van der Waals surface area contributed by atoms with Crippen LogP contribution in [0.3, 0.4) is 0 Å². The third-order valence-electron chi connectivity index (χ3n) is 2.72. The van der Waals surface area contributed by atoms with E-state index in [4.69, 9.17) is 0 Å². The van der Waals surface area contributed by atoms with E-state index in [0.717, 1.165) is 23.4 Å². The number of pyridine rings is 1. The Kier molecular flexibility index (Phi) is 3.39. The summed E-state index contributed by atoms with van der Waals surface area (Å²) in [5.74, 6) is 0. The van der Waals surface area contributed by atoms with Crippen molar-refractivity contribution in [1.29, 1.82) is 0 Å². The van der Waals surface area contributed by atoms with Gasteiger partial charge in [-0.1, -0.05) is 0 Å². The van der Waals surface area contributed by atoms with E-state index in [-0.39, 0.29) is 5.56 Å². The van der Waals surface area contributed by atoms with E-state index < -0.39 is 0 Å². The summed E-state index contributed by atoms with van der Waals surface area (Å²) in [7, 11) is 3.60. The Morgan fingerprint density at radius 3 is 3.00 bits per heavy atom. The van der Waals surface area contributed by atoms with Crippen molar-refractivity contribution in [3.8, 4) is 11.3 Å². The van der Waals surface area contributed by atoms with Crippen LogP contribution in [0, 0.1) is 0 Å². The Morgan fingerprint density at radius 2 is 2.35 bits per heavy atom. The topological polar surface area (TPSA) is 62.7 Å². The van der Waals surface area contributed by atoms with E-state index in [2.05, 4.69) is 15.4 Å². The van der Waals surface area contributed by atoms with Crippen LogP contribution < -0.4 is 10.9 Å². The molecule has 90 valence electrons. The number of aromatic nitrogens is 3. The number of H-pyrrole nitrogens is 1. The van der Waals surface area contributed by atoms with Gasteiger partial charge in [0.15, 0.2) is 0 Å². The Balaban J connectivity index is 2.47. The molecule has 0 bridgehead atoms. The van der Waals surface area contributed by atoms with Crippen LogP contribution >= 0.6 is 0 Å². The van der Waals surface area contributed by atoms with Gasteiger partial charge >= 0.3 is 0 Å². The molecule has 0 radical (unpaired) electrons. The summed E-state index contributed by atoms with van der Waals surface area (Å²) in [4.78, 5) is 16.0. The Labute approximate surface area is 99.5 Å². The summed E-state index contributed by atoms with van der Waals surface area (Å²) in [5.41, 5.74) is 2.63. The molecule has 0 atom stereocenters. The quantitative estimate of drug-likeness (QED) is 0.808. The first-order valence-corrected chi connectivity index (χ1v) is 5.57. The van der Waals surface area contributed by atoms with Gasteiger partial charge in [0.1, 0.15) is 0 Å². The molecule has 0 fully saturated rings. The minimum atomic E-state index is 0.0269. The smallest absolute Gasteiger partial charge is 0.270 e. The number of nitrogens with zero attached hydrogens (tertiary/aromatic N) is 2. The van der Waals surface area contributed by atoms with E-state index in [0.29, 0.717) is 6.42 Å². The third-order valence-corrected chi connectivity index (χ3v) is 2.72. The van der Waals surface area contributed by atoms with Crippen molar-refractivity contribution in [2.45, 2.75) is 6.42 Å². The molecule has 0 aliphatic carbocycles. The van der Waals surface area contributed by atoms with Crippen molar-refractivity contribution >= 4 is 0 Å². The van der Waals surface area contributed by atoms with Crippen molar-refractivity contribution < 1.29 is 0 Å². The molecule has 2 N–H and O–H groups in total.